The van der Waals surface area contributed by atoms with E-state index in [1.807, 2.05) is 0 Å². The molecule has 0 aromatic heterocycles. The van der Waals surface area contributed by atoms with Crippen LogP contribution in [0.25, 0.3) is 0 Å². The molecule has 13 amide bonds. The van der Waals surface area contributed by atoms with Gasteiger partial charge in [-0.15, -0.1) is 0 Å². The lowest BCUT2D eigenvalue weighted by Crippen LogP contribution is -2.61. The van der Waals surface area contributed by atoms with Crippen LogP contribution in [0.2, 0.25) is 0 Å². The van der Waals surface area contributed by atoms with Gasteiger partial charge in [-0.2, -0.15) is 0 Å². The first-order valence-corrected chi connectivity index (χ1v) is 30.6. The van der Waals surface area contributed by atoms with E-state index in [4.69, 9.17) is 22.9 Å². The minimum Gasteiger partial charge on any atom is -0.508 e. The third kappa shape index (κ3) is 24.1. The van der Waals surface area contributed by atoms with E-state index in [0.717, 1.165) is 4.90 Å². The Morgan fingerprint density at radius 1 is 0.637 bits per heavy atom. The molecule has 91 heavy (non-hydrogen) atoms. The summed E-state index contributed by atoms with van der Waals surface area (Å²) in [5.74, 6) is -13.2. The highest BCUT2D eigenvalue weighted by molar-refractivity contribution is 8.13. The predicted molar refractivity (Wildman–Crippen MR) is 327 cm³/mol. The summed E-state index contributed by atoms with van der Waals surface area (Å²) in [6.45, 7) is 6.47. The Balaban J connectivity index is 1.60. The third-order valence-electron chi connectivity index (χ3n) is 14.6. The largest absolute Gasteiger partial charge is 0.508 e. The lowest BCUT2D eigenvalue weighted by molar-refractivity contribution is -0.143. The maximum Gasteiger partial charge on any atom is 0.246 e. The molecule has 2 aromatic rings. The topological polar surface area (TPSA) is 527 Å². The number of aliphatic hydroxyl groups excluding tert-OH is 1. The van der Waals surface area contributed by atoms with Crippen LogP contribution < -0.4 is 76.1 Å². The highest BCUT2D eigenvalue weighted by atomic mass is 32.2. The molecule has 2 saturated heterocycles. The molecule has 0 aliphatic carbocycles. The first-order valence-electron chi connectivity index (χ1n) is 29.6. The SMILES string of the molecule is CC(C)C[C@@H]1NC(=O)[C@H](Cc2ccc(O)cc2)NC(=O)[C@H](CO)NC(=O)[C@H](C)NC(=O)[C@@H](NC(=O)[C@@H]2CCCN2C(=O)[C@H](CC(N)=O)NC(=O)[C@H](Cc2ccc(O)cc2)NC(=O)[C@H](CCCCN)NC(=O)[C@H](C)NC(=O)[C@H](C)NC(=O)[C@@H](N)CC(N)=O)CSC1=O. The summed E-state index contributed by atoms with van der Waals surface area (Å²) in [6.07, 6.45) is -1.00. The molecule has 4 rings (SSSR count). The van der Waals surface area contributed by atoms with Crippen molar-refractivity contribution in [3.05, 3.63) is 59.7 Å². The second-order valence-corrected chi connectivity index (χ2v) is 23.7. The van der Waals surface area contributed by atoms with E-state index >= 15 is 0 Å². The smallest absolute Gasteiger partial charge is 0.246 e. The number of aliphatic hydroxyl groups is 1. The van der Waals surface area contributed by atoms with Crippen LogP contribution in [0.1, 0.15) is 97.1 Å². The van der Waals surface area contributed by atoms with Gasteiger partial charge in [-0.25, -0.2) is 0 Å². The first-order chi connectivity index (χ1) is 42.9. The maximum atomic E-state index is 14.7. The lowest BCUT2D eigenvalue weighted by atomic mass is 10.0. The van der Waals surface area contributed by atoms with Gasteiger partial charge in [-0.3, -0.25) is 67.1 Å². The number of rotatable bonds is 28. The van der Waals surface area contributed by atoms with Crippen molar-refractivity contribution >= 4 is 93.7 Å². The second kappa shape index (κ2) is 36.0. The fourth-order valence-corrected chi connectivity index (χ4v) is 10.5. The van der Waals surface area contributed by atoms with E-state index in [2.05, 4.69) is 53.2 Å². The Labute approximate surface area is 529 Å². The van der Waals surface area contributed by atoms with Crippen molar-refractivity contribution in [2.24, 2.45) is 28.9 Å². The first kappa shape index (κ1) is 74.5. The molecule has 2 aromatic carbocycles. The van der Waals surface area contributed by atoms with Gasteiger partial charge in [0.1, 0.15) is 71.9 Å². The predicted octanol–water partition coefficient (Wildman–Crippen LogP) is -5.70. The summed E-state index contributed by atoms with van der Waals surface area (Å²) < 4.78 is 0. The zero-order valence-corrected chi connectivity index (χ0v) is 52.1. The number of aromatic hydroxyl groups is 2. The van der Waals surface area contributed by atoms with Gasteiger partial charge in [0.25, 0.3) is 0 Å². The van der Waals surface area contributed by atoms with Gasteiger partial charge in [0, 0.05) is 25.1 Å². The summed E-state index contributed by atoms with van der Waals surface area (Å²) in [7, 11) is 0. The van der Waals surface area contributed by atoms with E-state index in [0.29, 0.717) is 29.3 Å². The van der Waals surface area contributed by atoms with Crippen molar-refractivity contribution in [3.63, 3.8) is 0 Å². The van der Waals surface area contributed by atoms with E-state index in [1.165, 1.54) is 69.3 Å². The van der Waals surface area contributed by atoms with E-state index in [1.54, 1.807) is 13.8 Å². The van der Waals surface area contributed by atoms with Gasteiger partial charge in [-0.1, -0.05) is 49.9 Å². The molecule has 2 fully saturated rings. The Morgan fingerprint density at radius 3 is 1.75 bits per heavy atom. The standard InChI is InChI=1S/C58H85N15O17S/c1-28(2)21-41-58(90)91-27-43(55(87)65-31(5)49(81)71-42(26-74)54(86)68-39(53(85)70-41)23-33-13-17-35(76)18-14-33)72-56(88)44-10-8-20-73(44)57(89)40(25-46(62)78)69-52(84)38(22-32-11-15-34(75)16-12-32)67-51(83)37(9-6-7-19-59)66-48(80)30(4)63-47(79)29(3)64-50(82)36(60)24-45(61)77/h11-18,28-31,36-44,74-76H,6-10,19-27,59-60H2,1-5H3,(H2,61,77)(H2,62,78)(H,63,79)(H,64,82)(H,65,87)(H,66,80)(H,67,83)(H,68,86)(H,69,84)(H,70,85)(H,71,81)(H,72,88)/t29-,30-,31-,36-,37-,38-,39-,40-,41-,42-,43-,44-/m0/s1. The quantitative estimate of drug-likeness (QED) is 0.0353. The fourth-order valence-electron chi connectivity index (χ4n) is 9.58. The lowest BCUT2D eigenvalue weighted by Gasteiger charge is -2.31. The van der Waals surface area contributed by atoms with E-state index < -0.39 is 180 Å². The molecule has 2 heterocycles. The molecule has 2 aliphatic heterocycles. The number of amides is 13. The summed E-state index contributed by atoms with van der Waals surface area (Å²) in [6, 6.07) is -6.31. The number of hydrogen-bond donors (Lipinski definition) is 17. The number of carbonyl (C=O) groups excluding carboxylic acids is 14. The van der Waals surface area contributed by atoms with Gasteiger partial charge in [0.15, 0.2) is 0 Å². The van der Waals surface area contributed by atoms with E-state index in [9.17, 15) is 82.4 Å². The molecule has 12 atom stereocenters. The molecule has 32 nitrogen and oxygen atoms in total. The Morgan fingerprint density at radius 2 is 1.16 bits per heavy atom. The summed E-state index contributed by atoms with van der Waals surface area (Å²) >= 11 is 0.559. The summed E-state index contributed by atoms with van der Waals surface area (Å²) in [4.78, 5) is 191. The number of primary amides is 2. The molecule has 33 heteroatoms. The number of benzene rings is 2. The van der Waals surface area contributed by atoms with Crippen LogP contribution in [0.4, 0.5) is 0 Å². The number of unbranched alkanes of at least 4 members (excludes halogenated alkanes) is 1. The summed E-state index contributed by atoms with van der Waals surface area (Å²) in [5, 5.41) is 54.3. The Bertz CT molecular complexity index is 2960. The fraction of sp³-hybridized carbons (Fsp3) is 0.552. The van der Waals surface area contributed by atoms with Crippen molar-refractivity contribution < 1.29 is 82.4 Å². The molecule has 2 aliphatic rings. The third-order valence-corrected chi connectivity index (χ3v) is 15.7. The van der Waals surface area contributed by atoms with Gasteiger partial charge >= 0.3 is 0 Å². The average molecular weight is 1300 g/mol. The minimum absolute atomic E-state index is 0.0335. The molecule has 0 saturated carbocycles. The normalized spacial score (nSPS) is 21.2. The van der Waals surface area contributed by atoms with Crippen molar-refractivity contribution in [1.82, 2.24) is 58.1 Å². The zero-order valence-electron chi connectivity index (χ0n) is 51.2. The van der Waals surface area contributed by atoms with Crippen molar-refractivity contribution in [1.29, 1.82) is 0 Å². The number of thioether (sulfide) groups is 1. The highest BCUT2D eigenvalue weighted by Gasteiger charge is 2.42. The van der Waals surface area contributed by atoms with Crippen LogP contribution in [-0.4, -0.2) is 200 Å². The average Bonchev–Trinajstić information content (AvgIpc) is 2.14. The van der Waals surface area contributed by atoms with Gasteiger partial charge in [-0.05, 0) is 107 Å². The van der Waals surface area contributed by atoms with Crippen LogP contribution in [0, 0.1) is 5.92 Å². The number of likely N-dealkylation sites (tertiary alicyclic amines) is 1. The molecular formula is C58H85N15O17S. The van der Waals surface area contributed by atoms with Gasteiger partial charge in [0.2, 0.25) is 81.9 Å². The Kier molecular flexibility index (Phi) is 29.5. The number of phenolic OH excluding ortho intramolecular Hbond substituents is 2. The van der Waals surface area contributed by atoms with Crippen LogP contribution in [0.5, 0.6) is 11.5 Å². The van der Waals surface area contributed by atoms with Crippen LogP contribution in [-0.2, 0) is 80.0 Å². The molecule has 0 radical (unpaired) electrons. The number of nitrogens with one attached hydrogen (secondary N) is 10. The molecule has 0 unspecified atom stereocenters. The van der Waals surface area contributed by atoms with Gasteiger partial charge < -0.3 is 96.3 Å². The molecular weight excluding hydrogens is 1210 g/mol. The molecule has 0 spiro atoms. The maximum absolute atomic E-state index is 14.7. The van der Waals surface area contributed by atoms with Crippen LogP contribution in [0.15, 0.2) is 48.5 Å². The van der Waals surface area contributed by atoms with Crippen molar-refractivity contribution in [2.45, 2.75) is 171 Å². The van der Waals surface area contributed by atoms with Crippen LogP contribution in [0.3, 0.4) is 0 Å². The number of phenols is 2. The van der Waals surface area contributed by atoms with Crippen LogP contribution >= 0.6 is 11.8 Å². The molecule has 500 valence electrons. The van der Waals surface area contributed by atoms with Gasteiger partial charge in [0.05, 0.1) is 31.5 Å². The number of nitrogens with two attached hydrogens (primary N) is 4. The van der Waals surface area contributed by atoms with Crippen molar-refractivity contribution in [2.75, 3.05) is 25.4 Å². The zero-order chi connectivity index (χ0) is 67.8. The molecule has 21 N–H and O–H groups in total. The number of hydrogen-bond acceptors (Lipinski definition) is 20. The summed E-state index contributed by atoms with van der Waals surface area (Å²) in [5.41, 5.74) is 23.0. The number of carbonyl (C=O) groups is 14. The number of nitrogens with zero attached hydrogens (tertiary/aromatic N) is 1. The monoisotopic (exact) mass is 1300 g/mol. The van der Waals surface area contributed by atoms with Crippen molar-refractivity contribution in [3.8, 4) is 11.5 Å². The molecule has 0 bridgehead atoms. The highest BCUT2D eigenvalue weighted by Crippen LogP contribution is 2.22. The second-order valence-electron chi connectivity index (χ2n) is 22.7. The Hall–Kier alpha value is -8.95. The van der Waals surface area contributed by atoms with E-state index in [-0.39, 0.29) is 75.5 Å². The minimum atomic E-state index is -1.80.